The Labute approximate surface area is 283 Å². The number of benzene rings is 1. The van der Waals surface area contributed by atoms with Crippen molar-refractivity contribution in [2.45, 2.75) is 12.8 Å². The van der Waals surface area contributed by atoms with Crippen molar-refractivity contribution in [3.05, 3.63) is 29.3 Å². The van der Waals surface area contributed by atoms with E-state index >= 15 is 0 Å². The van der Waals surface area contributed by atoms with Crippen molar-refractivity contribution in [3.63, 3.8) is 0 Å². The van der Waals surface area contributed by atoms with Gasteiger partial charge in [0.1, 0.15) is 0 Å². The van der Waals surface area contributed by atoms with Gasteiger partial charge in [0.2, 0.25) is 23.3 Å². The summed E-state index contributed by atoms with van der Waals surface area (Å²) >= 11 is 0. The van der Waals surface area contributed by atoms with Crippen molar-refractivity contribution in [2.24, 2.45) is 0 Å². The van der Waals surface area contributed by atoms with E-state index in [9.17, 15) is 27.2 Å². The fourth-order valence-corrected chi connectivity index (χ4v) is 3.33. The van der Waals surface area contributed by atoms with Gasteiger partial charge in [0, 0.05) is 19.5 Å². The lowest BCUT2D eigenvalue weighted by Crippen LogP contribution is -2.20. The lowest BCUT2D eigenvalue weighted by molar-refractivity contribution is -0.136. The lowest BCUT2D eigenvalue weighted by Gasteiger charge is -2.09. The number of amides is 1. The zero-order chi connectivity index (χ0) is 35.8. The van der Waals surface area contributed by atoms with E-state index in [4.69, 9.17) is 47.4 Å². The average molecular weight is 720 g/mol. The minimum absolute atomic E-state index is 0.0160. The molecule has 1 aromatic carbocycles. The Hall–Kier alpha value is -2.52. The second-order valence-electron chi connectivity index (χ2n) is 9.57. The van der Waals surface area contributed by atoms with Gasteiger partial charge in [-0.2, -0.15) is 8.78 Å². The second kappa shape index (κ2) is 31.5. The summed E-state index contributed by atoms with van der Waals surface area (Å²) in [5.74, 6) is -9.55. The van der Waals surface area contributed by atoms with Crippen LogP contribution in [0.3, 0.4) is 0 Å². The summed E-state index contributed by atoms with van der Waals surface area (Å²) in [7, 11) is 1.59. The zero-order valence-electron chi connectivity index (χ0n) is 28.0. The molecule has 1 N–H and O–H groups in total. The number of hydrogen-bond acceptors (Lipinski definition) is 13. The van der Waals surface area contributed by atoms with Crippen LogP contribution in [0.15, 0.2) is 6.07 Å². The topological polar surface area (TPSA) is 148 Å². The molecule has 14 nitrogen and oxygen atoms in total. The highest BCUT2D eigenvalue weighted by Gasteiger charge is 2.22. The summed E-state index contributed by atoms with van der Waals surface area (Å²) in [6, 6.07) is 0.0160. The molecule has 0 atom stereocenters. The van der Waals surface area contributed by atoms with E-state index in [2.05, 4.69) is 10.1 Å². The van der Waals surface area contributed by atoms with Gasteiger partial charge in [-0.25, -0.2) is 8.78 Å². The fraction of sp³-hybridized carbons (Fsp3) is 0.742. The summed E-state index contributed by atoms with van der Waals surface area (Å²) in [5, 5.41) is 2.52. The highest BCUT2D eigenvalue weighted by atomic mass is 19.2. The molecule has 18 heteroatoms. The maximum atomic E-state index is 13.5. The van der Waals surface area contributed by atoms with E-state index < -0.39 is 41.4 Å². The number of carbonyl (C=O) groups excluding carboxylic acids is 2. The molecule has 0 aliphatic heterocycles. The first-order valence-corrected chi connectivity index (χ1v) is 15.9. The normalized spacial score (nSPS) is 11.3. The van der Waals surface area contributed by atoms with Crippen molar-refractivity contribution >= 4 is 11.9 Å². The lowest BCUT2D eigenvalue weighted by atomic mass is 10.3. The maximum absolute atomic E-state index is 13.5. The molecule has 0 fully saturated rings. The van der Waals surface area contributed by atoms with Crippen molar-refractivity contribution in [1.29, 1.82) is 0 Å². The quantitative estimate of drug-likeness (QED) is 0.0364. The summed E-state index contributed by atoms with van der Waals surface area (Å²) in [6.45, 7) is 7.24. The van der Waals surface area contributed by atoms with Crippen LogP contribution >= 0.6 is 0 Å². The van der Waals surface area contributed by atoms with Crippen molar-refractivity contribution in [2.75, 3.05) is 139 Å². The molecule has 49 heavy (non-hydrogen) atoms. The molecule has 0 saturated carbocycles. The van der Waals surface area contributed by atoms with Gasteiger partial charge in [-0.05, 0) is 0 Å². The van der Waals surface area contributed by atoms with E-state index in [0.717, 1.165) is 0 Å². The molecule has 1 rings (SSSR count). The highest BCUT2D eigenvalue weighted by molar-refractivity contribution is 5.75. The Kier molecular flexibility index (Phi) is 28.6. The smallest absolute Gasteiger partial charge is 0.313 e. The molecule has 0 unspecified atom stereocenters. The molecule has 0 radical (unpaired) electrons. The van der Waals surface area contributed by atoms with Crippen molar-refractivity contribution < 1.29 is 79.3 Å². The minimum atomic E-state index is -1.80. The third kappa shape index (κ3) is 25.1. The van der Waals surface area contributed by atoms with Gasteiger partial charge in [-0.3, -0.25) is 9.59 Å². The average Bonchev–Trinajstić information content (AvgIpc) is 3.09. The standard InChI is InChI=1S/C31H49F4NO13/c1-36-27(37)2-4-39-6-8-41-10-12-43-14-16-45-18-20-47-22-23-48-21-19-46-17-15-44-13-11-42-9-7-40-5-3-28(38)49-31-29(34)25(32)24-26(33)30(31)35/h24H,2-23H2,1H3,(H,36,37). The number of esters is 1. The first-order valence-electron chi connectivity index (χ1n) is 15.9. The van der Waals surface area contributed by atoms with E-state index in [-0.39, 0.29) is 31.8 Å². The van der Waals surface area contributed by atoms with E-state index in [1.54, 1.807) is 7.05 Å². The zero-order valence-corrected chi connectivity index (χ0v) is 28.0. The first kappa shape index (κ1) is 44.5. The third-order valence-corrected chi connectivity index (χ3v) is 5.84. The second-order valence-corrected chi connectivity index (χ2v) is 9.57. The van der Waals surface area contributed by atoms with Gasteiger partial charge < -0.3 is 57.4 Å². The van der Waals surface area contributed by atoms with Crippen LogP contribution in [0.1, 0.15) is 12.8 Å². The van der Waals surface area contributed by atoms with Crippen LogP contribution in [0, 0.1) is 23.3 Å². The summed E-state index contributed by atoms with van der Waals surface area (Å²) in [5.41, 5.74) is 0. The van der Waals surface area contributed by atoms with Crippen LogP contribution in [0.4, 0.5) is 17.6 Å². The van der Waals surface area contributed by atoms with Gasteiger partial charge in [-0.1, -0.05) is 0 Å². The van der Waals surface area contributed by atoms with Crippen molar-refractivity contribution in [1.82, 2.24) is 5.32 Å². The predicted molar refractivity (Wildman–Crippen MR) is 163 cm³/mol. The highest BCUT2D eigenvalue weighted by Crippen LogP contribution is 2.26. The molecule has 284 valence electrons. The molecular weight excluding hydrogens is 670 g/mol. The molecule has 0 heterocycles. The van der Waals surface area contributed by atoms with Crippen LogP contribution in [0.25, 0.3) is 0 Å². The number of hydrogen-bond donors (Lipinski definition) is 1. The largest absolute Gasteiger partial charge is 0.420 e. The van der Waals surface area contributed by atoms with Crippen LogP contribution in [0.2, 0.25) is 0 Å². The summed E-state index contributed by atoms with van der Waals surface area (Å²) < 4.78 is 111. The van der Waals surface area contributed by atoms with Crippen molar-refractivity contribution in [3.8, 4) is 5.75 Å². The van der Waals surface area contributed by atoms with Gasteiger partial charge in [0.25, 0.3) is 0 Å². The Morgan fingerprint density at radius 3 is 1.02 bits per heavy atom. The van der Waals surface area contributed by atoms with Crippen LogP contribution in [-0.4, -0.2) is 151 Å². The molecule has 0 aliphatic rings. The molecule has 0 aromatic heterocycles. The summed E-state index contributed by atoms with van der Waals surface area (Å²) in [4.78, 5) is 22.7. The van der Waals surface area contributed by atoms with E-state index in [0.29, 0.717) is 119 Å². The summed E-state index contributed by atoms with van der Waals surface area (Å²) in [6.07, 6.45) is -0.0609. The maximum Gasteiger partial charge on any atom is 0.313 e. The molecule has 1 aromatic rings. The fourth-order valence-electron chi connectivity index (χ4n) is 3.33. The van der Waals surface area contributed by atoms with Gasteiger partial charge in [0.15, 0.2) is 11.6 Å². The number of nitrogens with one attached hydrogen (secondary N) is 1. The molecule has 1 amide bonds. The number of rotatable bonds is 34. The van der Waals surface area contributed by atoms with E-state index in [1.165, 1.54) is 0 Å². The molecule has 0 saturated heterocycles. The predicted octanol–water partition coefficient (Wildman–Crippen LogP) is 1.84. The Balaban J connectivity index is 1.73. The third-order valence-electron chi connectivity index (χ3n) is 5.84. The monoisotopic (exact) mass is 719 g/mol. The number of ether oxygens (including phenoxy) is 11. The number of carbonyl (C=O) groups is 2. The van der Waals surface area contributed by atoms with Crippen LogP contribution in [0.5, 0.6) is 5.75 Å². The van der Waals surface area contributed by atoms with Gasteiger partial charge in [0.05, 0.1) is 139 Å². The van der Waals surface area contributed by atoms with Crippen LogP contribution < -0.4 is 10.1 Å². The van der Waals surface area contributed by atoms with Gasteiger partial charge in [-0.15, -0.1) is 0 Å². The van der Waals surface area contributed by atoms with Gasteiger partial charge >= 0.3 is 5.97 Å². The number of halogens is 4. The Morgan fingerprint density at radius 1 is 0.469 bits per heavy atom. The van der Waals surface area contributed by atoms with Crippen LogP contribution in [-0.2, 0) is 57.0 Å². The SMILES string of the molecule is CNC(=O)CCOCCOCCOCCOCCOCCOCCOCCOCCOCCOCCC(=O)Oc1c(F)c(F)cc(F)c1F. The molecule has 0 bridgehead atoms. The Bertz CT molecular complexity index is 971. The van der Waals surface area contributed by atoms with E-state index in [1.807, 2.05) is 0 Å². The molecule has 0 spiro atoms. The molecule has 0 aliphatic carbocycles. The Morgan fingerprint density at radius 2 is 0.735 bits per heavy atom. The molecular formula is C31H49F4NO13. The minimum Gasteiger partial charge on any atom is -0.420 e. The first-order chi connectivity index (χ1) is 23.9.